The van der Waals surface area contributed by atoms with E-state index in [2.05, 4.69) is 0 Å². The lowest BCUT2D eigenvalue weighted by Gasteiger charge is -2.13. The summed E-state index contributed by atoms with van der Waals surface area (Å²) in [5.41, 5.74) is 0. The summed E-state index contributed by atoms with van der Waals surface area (Å²) in [5.74, 6) is -2.43. The number of thiophene rings is 1. The van der Waals surface area contributed by atoms with Crippen LogP contribution in [0.2, 0.25) is 4.34 Å². The molecule has 7 nitrogen and oxygen atoms in total. The van der Waals surface area contributed by atoms with Crippen LogP contribution in [0.3, 0.4) is 0 Å². The molecule has 0 unspecified atom stereocenters. The van der Waals surface area contributed by atoms with Crippen LogP contribution in [-0.2, 0) is 19.6 Å². The van der Waals surface area contributed by atoms with E-state index in [0.717, 1.165) is 11.3 Å². The maximum absolute atomic E-state index is 11.9. The first kappa shape index (κ1) is 16.9. The molecule has 1 aromatic heterocycles. The number of halogens is 1. The molecule has 1 atom stereocenters. The predicted molar refractivity (Wildman–Crippen MR) is 72.6 cm³/mol. The second-order valence-electron chi connectivity index (χ2n) is 3.86. The lowest BCUT2D eigenvalue weighted by molar-refractivity contribution is -0.140. The smallest absolute Gasteiger partial charge is 0.321 e. The normalized spacial score (nSPS) is 13.1. The van der Waals surface area contributed by atoms with Gasteiger partial charge in [0.05, 0.1) is 4.34 Å². The van der Waals surface area contributed by atoms with Crippen LogP contribution in [0.4, 0.5) is 0 Å². The number of carboxylic acid groups (broad SMARTS) is 2. The third-order valence-electron chi connectivity index (χ3n) is 2.29. The summed E-state index contributed by atoms with van der Waals surface area (Å²) in [6.07, 6.45) is -0.281. The molecule has 0 aromatic carbocycles. The number of aliphatic carboxylic acids is 2. The lowest BCUT2D eigenvalue weighted by atomic mass is 10.1. The lowest BCUT2D eigenvalue weighted by Crippen LogP contribution is -2.40. The summed E-state index contributed by atoms with van der Waals surface area (Å²) in [5, 5.41) is 17.4. The standard InChI is InChI=1S/C10H12ClNO6S2/c11-7-4-5-9(19-7)20(17,18)12-6(10(15)16)2-1-3-8(13)14/h4-6,12H,1-3H2,(H,13,14)(H,15,16)/t6-/m1/s1. The molecule has 0 saturated heterocycles. The number of rotatable bonds is 8. The van der Waals surface area contributed by atoms with Crippen molar-refractivity contribution in [2.24, 2.45) is 0 Å². The van der Waals surface area contributed by atoms with Crippen LogP contribution < -0.4 is 4.72 Å². The van der Waals surface area contributed by atoms with Crippen molar-refractivity contribution in [3.05, 3.63) is 16.5 Å². The Hall–Kier alpha value is -1.16. The summed E-state index contributed by atoms with van der Waals surface area (Å²) in [7, 11) is -3.98. The Morgan fingerprint density at radius 3 is 2.45 bits per heavy atom. The zero-order valence-electron chi connectivity index (χ0n) is 10.1. The Morgan fingerprint density at radius 1 is 1.35 bits per heavy atom. The Balaban J connectivity index is 2.74. The molecule has 0 saturated carbocycles. The van der Waals surface area contributed by atoms with Gasteiger partial charge in [-0.1, -0.05) is 11.6 Å². The second-order valence-corrected chi connectivity index (χ2v) is 7.51. The number of nitrogens with one attached hydrogen (secondary N) is 1. The van der Waals surface area contributed by atoms with Crippen LogP contribution >= 0.6 is 22.9 Å². The van der Waals surface area contributed by atoms with Crippen molar-refractivity contribution in [2.45, 2.75) is 29.5 Å². The topological polar surface area (TPSA) is 121 Å². The molecule has 0 spiro atoms. The summed E-state index contributed by atoms with van der Waals surface area (Å²) in [6, 6.07) is 1.28. The summed E-state index contributed by atoms with van der Waals surface area (Å²) < 4.78 is 26.0. The third kappa shape index (κ3) is 5.08. The van der Waals surface area contributed by atoms with Crippen LogP contribution in [0.1, 0.15) is 19.3 Å². The molecule has 1 rings (SSSR count). The van der Waals surface area contributed by atoms with Crippen LogP contribution in [0, 0.1) is 0 Å². The van der Waals surface area contributed by atoms with Crippen LogP contribution in [0.15, 0.2) is 16.3 Å². The number of sulfonamides is 1. The highest BCUT2D eigenvalue weighted by atomic mass is 35.5. The van der Waals surface area contributed by atoms with Crippen molar-refractivity contribution in [3.8, 4) is 0 Å². The van der Waals surface area contributed by atoms with Gasteiger partial charge in [0.15, 0.2) is 0 Å². The van der Waals surface area contributed by atoms with Crippen molar-refractivity contribution >= 4 is 44.9 Å². The van der Waals surface area contributed by atoms with Crippen molar-refractivity contribution in [2.75, 3.05) is 0 Å². The number of hydrogen-bond donors (Lipinski definition) is 3. The number of carbonyl (C=O) groups is 2. The van der Waals surface area contributed by atoms with Crippen LogP contribution in [-0.4, -0.2) is 36.6 Å². The molecular weight excluding hydrogens is 330 g/mol. The van der Waals surface area contributed by atoms with Gasteiger partial charge in [0.2, 0.25) is 0 Å². The van der Waals surface area contributed by atoms with E-state index in [1.165, 1.54) is 12.1 Å². The molecule has 0 radical (unpaired) electrons. The SMILES string of the molecule is O=C(O)CCC[C@@H](NS(=O)(=O)c1ccc(Cl)s1)C(=O)O. The quantitative estimate of drug-likeness (QED) is 0.657. The summed E-state index contributed by atoms with van der Waals surface area (Å²) in [4.78, 5) is 21.4. The van der Waals surface area contributed by atoms with E-state index in [-0.39, 0.29) is 27.8 Å². The van der Waals surface area contributed by atoms with Crippen molar-refractivity contribution in [1.29, 1.82) is 0 Å². The third-order valence-corrected chi connectivity index (χ3v) is 5.49. The van der Waals surface area contributed by atoms with E-state index in [4.69, 9.17) is 21.8 Å². The molecule has 0 amide bonds. The van der Waals surface area contributed by atoms with Gasteiger partial charge in [-0.25, -0.2) is 8.42 Å². The molecule has 0 aliphatic heterocycles. The zero-order chi connectivity index (χ0) is 15.3. The highest BCUT2D eigenvalue weighted by Crippen LogP contribution is 2.25. The van der Waals surface area contributed by atoms with E-state index in [9.17, 15) is 18.0 Å². The van der Waals surface area contributed by atoms with E-state index in [1.54, 1.807) is 0 Å². The summed E-state index contributed by atoms with van der Waals surface area (Å²) in [6.45, 7) is 0. The molecule has 1 aromatic rings. The minimum atomic E-state index is -3.98. The van der Waals surface area contributed by atoms with Crippen LogP contribution in [0.25, 0.3) is 0 Å². The van der Waals surface area contributed by atoms with Gasteiger partial charge in [-0.15, -0.1) is 11.3 Å². The van der Waals surface area contributed by atoms with E-state index >= 15 is 0 Å². The number of hydrogen-bond acceptors (Lipinski definition) is 5. The van der Waals surface area contributed by atoms with Gasteiger partial charge in [0.25, 0.3) is 10.0 Å². The Morgan fingerprint density at radius 2 is 2.00 bits per heavy atom. The van der Waals surface area contributed by atoms with Crippen molar-refractivity contribution in [1.82, 2.24) is 4.72 Å². The highest BCUT2D eigenvalue weighted by Gasteiger charge is 2.26. The first-order valence-electron chi connectivity index (χ1n) is 5.44. The van der Waals surface area contributed by atoms with Gasteiger partial charge >= 0.3 is 11.9 Å². The van der Waals surface area contributed by atoms with Gasteiger partial charge in [0, 0.05) is 6.42 Å². The maximum atomic E-state index is 11.9. The molecule has 1 heterocycles. The molecule has 0 bridgehead atoms. The van der Waals surface area contributed by atoms with Gasteiger partial charge in [0.1, 0.15) is 10.3 Å². The van der Waals surface area contributed by atoms with E-state index in [1.807, 2.05) is 4.72 Å². The minimum Gasteiger partial charge on any atom is -0.481 e. The van der Waals surface area contributed by atoms with Crippen molar-refractivity contribution < 1.29 is 28.2 Å². The van der Waals surface area contributed by atoms with Crippen molar-refractivity contribution in [3.63, 3.8) is 0 Å². The first-order valence-corrected chi connectivity index (χ1v) is 8.12. The Labute approximate surface area is 124 Å². The minimum absolute atomic E-state index is 0.0556. The second kappa shape index (κ2) is 7.02. The molecule has 0 aliphatic carbocycles. The highest BCUT2D eigenvalue weighted by molar-refractivity contribution is 7.91. The average Bonchev–Trinajstić information content (AvgIpc) is 2.74. The molecule has 0 aliphatic rings. The number of carboxylic acids is 2. The van der Waals surface area contributed by atoms with Gasteiger partial charge in [-0.05, 0) is 25.0 Å². The van der Waals surface area contributed by atoms with Gasteiger partial charge in [-0.2, -0.15) is 4.72 Å². The fourth-order valence-corrected chi connectivity index (χ4v) is 4.10. The average molecular weight is 342 g/mol. The zero-order valence-corrected chi connectivity index (χ0v) is 12.5. The monoisotopic (exact) mass is 341 g/mol. The summed E-state index contributed by atoms with van der Waals surface area (Å²) >= 11 is 6.43. The molecule has 0 fully saturated rings. The Kier molecular flexibility index (Phi) is 5.93. The molecule has 3 N–H and O–H groups in total. The fraction of sp³-hybridized carbons (Fsp3) is 0.400. The molecular formula is C10H12ClNO6S2. The molecule has 20 heavy (non-hydrogen) atoms. The van der Waals surface area contributed by atoms with Crippen LogP contribution in [0.5, 0.6) is 0 Å². The fourth-order valence-electron chi connectivity index (χ4n) is 1.38. The first-order chi connectivity index (χ1) is 9.22. The van der Waals surface area contributed by atoms with Gasteiger partial charge < -0.3 is 10.2 Å². The van der Waals surface area contributed by atoms with E-state index < -0.39 is 28.0 Å². The van der Waals surface area contributed by atoms with E-state index in [0.29, 0.717) is 0 Å². The molecule has 10 heteroatoms. The maximum Gasteiger partial charge on any atom is 0.321 e. The molecule has 112 valence electrons. The van der Waals surface area contributed by atoms with Gasteiger partial charge in [-0.3, -0.25) is 9.59 Å². The predicted octanol–water partition coefficient (Wildman–Crippen LogP) is 1.39. The largest absolute Gasteiger partial charge is 0.481 e. The Bertz CT molecular complexity index is 597.